The van der Waals surface area contributed by atoms with E-state index < -0.39 is 24.5 Å². The Bertz CT molecular complexity index is 317. The molecule has 4 saturated carbocycles. The molecule has 4 rings (SSSR count). The molecule has 0 nitrogen and oxygen atoms in total. The summed E-state index contributed by atoms with van der Waals surface area (Å²) in [6.45, 7) is 0. The number of hydrogen-bond acceptors (Lipinski definition) is 0. The molecule has 0 aromatic carbocycles. The molecule has 0 bridgehead atoms. The maximum absolute atomic E-state index is 9.80. The Balaban J connectivity index is 0.000000485. The van der Waals surface area contributed by atoms with Crippen LogP contribution in [0.25, 0.3) is 0 Å². The van der Waals surface area contributed by atoms with Crippen molar-refractivity contribution in [1.82, 2.24) is 0 Å². The van der Waals surface area contributed by atoms with Gasteiger partial charge in [-0.15, -0.1) is 0 Å². The zero-order chi connectivity index (χ0) is 16.1. The first-order valence-corrected chi connectivity index (χ1v) is 10.7. The van der Waals surface area contributed by atoms with Crippen LogP contribution in [0.15, 0.2) is 0 Å². The first kappa shape index (κ1) is 18.5. The molecule has 0 spiro atoms. The van der Waals surface area contributed by atoms with E-state index >= 15 is 0 Å². The molecule has 0 unspecified atom stereocenters. The molecule has 0 aromatic rings. The molecule has 0 heterocycles. The molecule has 122 valence electrons. The molecule has 0 atom stereocenters. The Morgan fingerprint density at radius 1 is 0.652 bits per heavy atom. The molecule has 23 heavy (non-hydrogen) atoms. The van der Waals surface area contributed by atoms with E-state index in [1.54, 1.807) is 35.5 Å². The Morgan fingerprint density at radius 2 is 1.04 bits per heavy atom. The molecule has 0 aliphatic heterocycles. The van der Waals surface area contributed by atoms with Gasteiger partial charge in [-0.05, 0) is 99.7 Å². The van der Waals surface area contributed by atoms with Gasteiger partial charge in [-0.25, -0.2) is 0 Å². The van der Waals surface area contributed by atoms with Gasteiger partial charge in [-0.1, -0.05) is 25.7 Å². The predicted molar refractivity (Wildman–Crippen MR) is 85.0 cm³/mol. The number of hydrogen-bond donors (Lipinski definition) is 0. The number of fused-ring (bicyclic) bond motifs is 2. The van der Waals surface area contributed by atoms with E-state index in [4.69, 9.17) is 0 Å². The third kappa shape index (κ3) is 4.68. The van der Waals surface area contributed by atoms with Gasteiger partial charge in [0.1, 0.15) is 0 Å². The molecular formula is C20H24F2Zr. The molecule has 4 fully saturated rings. The molecule has 0 saturated heterocycles. The topological polar surface area (TPSA) is 0 Å². The van der Waals surface area contributed by atoms with E-state index in [-0.39, 0.29) is 0 Å². The van der Waals surface area contributed by atoms with Crippen LogP contribution in [0, 0.1) is 61.2 Å². The van der Waals surface area contributed by atoms with Crippen LogP contribution in [0.1, 0.15) is 64.2 Å². The monoisotopic (exact) mass is 392 g/mol. The van der Waals surface area contributed by atoms with Crippen molar-refractivity contribution in [2.45, 2.75) is 64.2 Å². The predicted octanol–water partition coefficient (Wildman–Crippen LogP) is 6.04. The SMILES string of the molecule is [CH]1[CH][C](CC[C]2[CH][CH][C]3CCCC[C]32)[C]2CCCC[C]12.[F][Zr][F]. The number of halogens is 2. The van der Waals surface area contributed by atoms with Crippen LogP contribution in [0.3, 0.4) is 0 Å². The van der Waals surface area contributed by atoms with E-state index in [0.29, 0.717) is 0 Å². The molecular weight excluding hydrogens is 369 g/mol. The van der Waals surface area contributed by atoms with Gasteiger partial charge < -0.3 is 0 Å². The van der Waals surface area contributed by atoms with Crippen LogP contribution in [-0.4, -0.2) is 0 Å². The van der Waals surface area contributed by atoms with Crippen molar-refractivity contribution in [1.29, 1.82) is 0 Å². The zero-order valence-electron chi connectivity index (χ0n) is 13.6. The summed E-state index contributed by atoms with van der Waals surface area (Å²) in [5, 5.41) is 0. The fourth-order valence-electron chi connectivity index (χ4n) is 4.30. The van der Waals surface area contributed by atoms with Crippen LogP contribution in [0.2, 0.25) is 0 Å². The van der Waals surface area contributed by atoms with Crippen molar-refractivity contribution in [3.63, 3.8) is 0 Å². The van der Waals surface area contributed by atoms with Gasteiger partial charge >= 0.3 is 29.7 Å². The Hall–Kier alpha value is 0.743. The van der Waals surface area contributed by atoms with Gasteiger partial charge in [-0.2, -0.15) is 0 Å². The minimum absolute atomic E-state index is 1.26. The second kappa shape index (κ2) is 9.44. The van der Waals surface area contributed by atoms with Crippen molar-refractivity contribution in [2.24, 2.45) is 0 Å². The van der Waals surface area contributed by atoms with E-state index in [9.17, 15) is 5.25 Å². The van der Waals surface area contributed by atoms with Gasteiger partial charge in [0.2, 0.25) is 0 Å². The average Bonchev–Trinajstić information content (AvgIpc) is 3.18. The van der Waals surface area contributed by atoms with E-state index in [2.05, 4.69) is 25.7 Å². The van der Waals surface area contributed by atoms with Crippen molar-refractivity contribution >= 4 is 0 Å². The molecule has 0 N–H and O–H groups in total. The summed E-state index contributed by atoms with van der Waals surface area (Å²) < 4.78 is 19.6. The van der Waals surface area contributed by atoms with Crippen LogP contribution in [0.4, 0.5) is 5.25 Å². The third-order valence-electron chi connectivity index (χ3n) is 5.43. The third-order valence-corrected chi connectivity index (χ3v) is 5.43. The van der Waals surface area contributed by atoms with Crippen LogP contribution in [0.5, 0.6) is 0 Å². The summed E-state index contributed by atoms with van der Waals surface area (Å²) >= 11 is -2.77. The molecule has 0 amide bonds. The van der Waals surface area contributed by atoms with Crippen LogP contribution in [-0.2, 0) is 24.5 Å². The van der Waals surface area contributed by atoms with Crippen molar-refractivity contribution < 1.29 is 29.7 Å². The quantitative estimate of drug-likeness (QED) is 0.548. The molecule has 4 aliphatic carbocycles. The molecule has 3 heteroatoms. The summed E-state index contributed by atoms with van der Waals surface area (Å²) in [6.07, 6.45) is 23.0. The second-order valence-corrected chi connectivity index (χ2v) is 7.06. The van der Waals surface area contributed by atoms with E-state index in [1.807, 2.05) is 0 Å². The van der Waals surface area contributed by atoms with Gasteiger partial charge in [0.15, 0.2) is 0 Å². The summed E-state index contributed by atoms with van der Waals surface area (Å²) in [6, 6.07) is 0. The van der Waals surface area contributed by atoms with Crippen LogP contribution >= 0.6 is 0 Å². The zero-order valence-corrected chi connectivity index (χ0v) is 16.1. The fraction of sp³-hybridized carbons (Fsp3) is 0.500. The number of rotatable bonds is 3. The van der Waals surface area contributed by atoms with Gasteiger partial charge in [-0.3, -0.25) is 0 Å². The summed E-state index contributed by atoms with van der Waals surface area (Å²) in [7, 11) is 0. The minimum atomic E-state index is -2.77. The van der Waals surface area contributed by atoms with Gasteiger partial charge in [0.05, 0.1) is 0 Å². The second-order valence-electron chi connectivity index (χ2n) is 6.71. The first-order valence-electron chi connectivity index (χ1n) is 8.82. The van der Waals surface area contributed by atoms with Gasteiger partial charge in [0.25, 0.3) is 0 Å². The Morgan fingerprint density at radius 3 is 1.48 bits per heavy atom. The Labute approximate surface area is 154 Å². The fourth-order valence-corrected chi connectivity index (χ4v) is 4.30. The average molecular weight is 394 g/mol. The summed E-state index contributed by atoms with van der Waals surface area (Å²) in [4.78, 5) is 0. The van der Waals surface area contributed by atoms with Crippen LogP contribution < -0.4 is 0 Å². The first-order chi connectivity index (χ1) is 11.3. The van der Waals surface area contributed by atoms with Gasteiger partial charge in [0, 0.05) is 0 Å². The molecule has 4 aliphatic rings. The normalized spacial score (nSPS) is 28.3. The summed E-state index contributed by atoms with van der Waals surface area (Å²) in [5.41, 5.74) is 0. The molecule has 0 aromatic heterocycles. The molecule has 10 radical (unpaired) electrons. The van der Waals surface area contributed by atoms with E-state index in [1.165, 1.54) is 64.2 Å². The maximum atomic E-state index is 9.80. The van der Waals surface area contributed by atoms with Crippen molar-refractivity contribution in [2.75, 3.05) is 0 Å². The standard InChI is InChI=1S/C20H24.2FH.Zr/c1-3-7-19-15(5-1)9-11-17(19)13-14-18-12-10-16-6-2-4-8-20(16)18;;;/h9-12H,1-8,13-14H2;2*1H;/q;;;+2/p-2. The van der Waals surface area contributed by atoms with E-state index in [0.717, 1.165) is 0 Å². The van der Waals surface area contributed by atoms with Crippen molar-refractivity contribution in [3.8, 4) is 0 Å². The Kier molecular flexibility index (Phi) is 7.61. The van der Waals surface area contributed by atoms with Crippen molar-refractivity contribution in [3.05, 3.63) is 61.2 Å². The summed E-state index contributed by atoms with van der Waals surface area (Å²) in [5.74, 6) is 10.00.